The summed E-state index contributed by atoms with van der Waals surface area (Å²) < 4.78 is 6.77. The molecule has 1 aromatic carbocycles. The number of amides is 1. The van der Waals surface area contributed by atoms with Crippen LogP contribution in [0.4, 0.5) is 5.69 Å². The van der Waals surface area contributed by atoms with Crippen LogP contribution in [0, 0.1) is 0 Å². The summed E-state index contributed by atoms with van der Waals surface area (Å²) in [6.07, 6.45) is 0.831. The lowest BCUT2D eigenvalue weighted by Crippen LogP contribution is -2.30. The summed E-state index contributed by atoms with van der Waals surface area (Å²) in [5, 5.41) is 3.23. The number of rotatable bonds is 4. The van der Waals surface area contributed by atoms with Gasteiger partial charge in [0, 0.05) is 24.0 Å². The van der Waals surface area contributed by atoms with Crippen LogP contribution in [0.25, 0.3) is 0 Å². The van der Waals surface area contributed by atoms with E-state index < -0.39 is 18.0 Å². The van der Waals surface area contributed by atoms with E-state index >= 15 is 0 Å². The van der Waals surface area contributed by atoms with E-state index in [1.54, 1.807) is 54.2 Å². The fourth-order valence-corrected chi connectivity index (χ4v) is 1.85. The third kappa shape index (κ3) is 3.86. The monoisotopic (exact) mass is 306 g/mol. The molecular formula is C15H15ClN2O3. The zero-order chi connectivity index (χ0) is 15.4. The third-order valence-corrected chi connectivity index (χ3v) is 3.17. The number of carbonyl (C=O) groups is 2. The normalized spacial score (nSPS) is 11.8. The molecule has 0 fully saturated rings. The highest BCUT2D eigenvalue weighted by atomic mass is 35.5. The van der Waals surface area contributed by atoms with Crippen molar-refractivity contribution in [1.82, 2.24) is 4.57 Å². The number of carbonyl (C=O) groups excluding carboxylic acids is 2. The SMILES string of the molecule is CC(OC(=O)c1cccn1C)C(=O)Nc1ccc(Cl)cc1. The molecule has 0 spiro atoms. The largest absolute Gasteiger partial charge is 0.448 e. The van der Waals surface area contributed by atoms with Gasteiger partial charge in [0.1, 0.15) is 5.69 Å². The maximum absolute atomic E-state index is 12.0. The first kappa shape index (κ1) is 15.1. The highest BCUT2D eigenvalue weighted by Crippen LogP contribution is 2.14. The van der Waals surface area contributed by atoms with Crippen LogP contribution in [0.5, 0.6) is 0 Å². The molecule has 1 heterocycles. The molecule has 5 nitrogen and oxygen atoms in total. The molecule has 2 rings (SSSR count). The maximum Gasteiger partial charge on any atom is 0.355 e. The Hall–Kier alpha value is -2.27. The molecular weight excluding hydrogens is 292 g/mol. The van der Waals surface area contributed by atoms with Crippen LogP contribution in [-0.4, -0.2) is 22.5 Å². The van der Waals surface area contributed by atoms with Gasteiger partial charge in [-0.25, -0.2) is 4.79 Å². The first-order valence-corrected chi connectivity index (χ1v) is 6.74. The van der Waals surface area contributed by atoms with Crippen molar-refractivity contribution in [2.24, 2.45) is 7.05 Å². The molecule has 0 radical (unpaired) electrons. The number of anilines is 1. The van der Waals surface area contributed by atoms with Crippen LogP contribution in [0.2, 0.25) is 5.02 Å². The second kappa shape index (κ2) is 6.45. The van der Waals surface area contributed by atoms with Gasteiger partial charge >= 0.3 is 5.97 Å². The Morgan fingerprint density at radius 1 is 1.24 bits per heavy atom. The first-order valence-electron chi connectivity index (χ1n) is 6.36. The van der Waals surface area contributed by atoms with Gasteiger partial charge < -0.3 is 14.6 Å². The van der Waals surface area contributed by atoms with Crippen LogP contribution in [0.15, 0.2) is 42.6 Å². The van der Waals surface area contributed by atoms with Crippen molar-refractivity contribution < 1.29 is 14.3 Å². The van der Waals surface area contributed by atoms with Gasteiger partial charge in [0.05, 0.1) is 0 Å². The van der Waals surface area contributed by atoms with Gasteiger partial charge in [-0.15, -0.1) is 0 Å². The van der Waals surface area contributed by atoms with E-state index in [9.17, 15) is 9.59 Å². The van der Waals surface area contributed by atoms with E-state index in [0.717, 1.165) is 0 Å². The number of ether oxygens (including phenoxy) is 1. The quantitative estimate of drug-likeness (QED) is 0.884. The summed E-state index contributed by atoms with van der Waals surface area (Å²) in [5.74, 6) is -0.943. The zero-order valence-electron chi connectivity index (χ0n) is 11.7. The molecule has 21 heavy (non-hydrogen) atoms. The topological polar surface area (TPSA) is 60.3 Å². The Balaban J connectivity index is 1.95. The van der Waals surface area contributed by atoms with E-state index in [1.807, 2.05) is 0 Å². The van der Waals surface area contributed by atoms with Crippen LogP contribution < -0.4 is 5.32 Å². The van der Waals surface area contributed by atoms with Crippen molar-refractivity contribution >= 4 is 29.2 Å². The minimum atomic E-state index is -0.900. The minimum absolute atomic E-state index is 0.390. The Labute approximate surface area is 127 Å². The van der Waals surface area contributed by atoms with Crippen molar-refractivity contribution in [3.63, 3.8) is 0 Å². The lowest BCUT2D eigenvalue weighted by molar-refractivity contribution is -0.123. The molecule has 0 aliphatic rings. The summed E-state index contributed by atoms with van der Waals surface area (Å²) in [6, 6.07) is 10.0. The molecule has 0 aliphatic carbocycles. The summed E-state index contributed by atoms with van der Waals surface area (Å²) in [7, 11) is 1.73. The van der Waals surface area contributed by atoms with Crippen molar-refractivity contribution in [1.29, 1.82) is 0 Å². The number of halogens is 1. The van der Waals surface area contributed by atoms with E-state index in [0.29, 0.717) is 16.4 Å². The number of hydrogen-bond donors (Lipinski definition) is 1. The smallest absolute Gasteiger partial charge is 0.355 e. The highest BCUT2D eigenvalue weighted by Gasteiger charge is 2.20. The van der Waals surface area contributed by atoms with Crippen LogP contribution in [0.3, 0.4) is 0 Å². The first-order chi connectivity index (χ1) is 9.97. The summed E-state index contributed by atoms with van der Waals surface area (Å²) >= 11 is 5.77. The Bertz CT molecular complexity index is 649. The summed E-state index contributed by atoms with van der Waals surface area (Å²) in [6.45, 7) is 1.52. The molecule has 2 aromatic rings. The molecule has 6 heteroatoms. The third-order valence-electron chi connectivity index (χ3n) is 2.92. The van der Waals surface area contributed by atoms with E-state index in [4.69, 9.17) is 16.3 Å². The summed E-state index contributed by atoms with van der Waals surface area (Å²) in [4.78, 5) is 23.9. The van der Waals surface area contributed by atoms with Crippen molar-refractivity contribution in [2.75, 3.05) is 5.32 Å². The number of aromatic nitrogens is 1. The van der Waals surface area contributed by atoms with Gasteiger partial charge in [-0.3, -0.25) is 4.79 Å². The fourth-order valence-electron chi connectivity index (χ4n) is 1.72. The number of esters is 1. The Kier molecular flexibility index (Phi) is 4.65. The van der Waals surface area contributed by atoms with Crippen LogP contribution in [0.1, 0.15) is 17.4 Å². The Morgan fingerprint density at radius 3 is 2.48 bits per heavy atom. The van der Waals surface area contributed by atoms with Gasteiger partial charge in [-0.05, 0) is 43.3 Å². The van der Waals surface area contributed by atoms with E-state index in [1.165, 1.54) is 6.92 Å². The molecule has 1 N–H and O–H groups in total. The molecule has 0 aliphatic heterocycles. The van der Waals surface area contributed by atoms with Gasteiger partial charge in [0.2, 0.25) is 0 Å². The lowest BCUT2D eigenvalue weighted by atomic mass is 10.3. The predicted molar refractivity (Wildman–Crippen MR) is 80.4 cm³/mol. The lowest BCUT2D eigenvalue weighted by Gasteiger charge is -2.13. The Morgan fingerprint density at radius 2 is 1.90 bits per heavy atom. The average Bonchev–Trinajstić information content (AvgIpc) is 2.87. The van der Waals surface area contributed by atoms with Gasteiger partial charge in [-0.2, -0.15) is 0 Å². The summed E-state index contributed by atoms with van der Waals surface area (Å²) in [5.41, 5.74) is 0.979. The molecule has 0 bridgehead atoms. The standard InChI is InChI=1S/C15H15ClN2O3/c1-10(21-15(20)13-4-3-9-18(13)2)14(19)17-12-7-5-11(16)6-8-12/h3-10H,1-2H3,(H,17,19). The van der Waals surface area contributed by atoms with E-state index in [-0.39, 0.29) is 0 Å². The van der Waals surface area contributed by atoms with Crippen LogP contribution >= 0.6 is 11.6 Å². The molecule has 0 saturated carbocycles. The minimum Gasteiger partial charge on any atom is -0.448 e. The predicted octanol–water partition coefficient (Wildman–Crippen LogP) is 2.86. The van der Waals surface area contributed by atoms with Crippen molar-refractivity contribution in [3.8, 4) is 0 Å². The van der Waals surface area contributed by atoms with Gasteiger partial charge in [0.15, 0.2) is 6.10 Å². The fraction of sp³-hybridized carbons (Fsp3) is 0.200. The van der Waals surface area contributed by atoms with Gasteiger partial charge in [-0.1, -0.05) is 11.6 Å². The number of nitrogens with one attached hydrogen (secondary N) is 1. The molecule has 1 amide bonds. The zero-order valence-corrected chi connectivity index (χ0v) is 12.4. The molecule has 1 atom stereocenters. The maximum atomic E-state index is 12.0. The van der Waals surface area contributed by atoms with Crippen molar-refractivity contribution in [3.05, 3.63) is 53.3 Å². The van der Waals surface area contributed by atoms with Crippen molar-refractivity contribution in [2.45, 2.75) is 13.0 Å². The molecule has 1 unspecified atom stereocenters. The number of hydrogen-bond acceptors (Lipinski definition) is 3. The second-order valence-corrected chi connectivity index (χ2v) is 4.98. The molecule has 110 valence electrons. The second-order valence-electron chi connectivity index (χ2n) is 4.55. The highest BCUT2D eigenvalue weighted by molar-refractivity contribution is 6.30. The molecule has 1 aromatic heterocycles. The van der Waals surface area contributed by atoms with Crippen LogP contribution in [-0.2, 0) is 16.6 Å². The number of benzene rings is 1. The van der Waals surface area contributed by atoms with E-state index in [2.05, 4.69) is 5.32 Å². The van der Waals surface area contributed by atoms with Gasteiger partial charge in [0.25, 0.3) is 5.91 Å². The average molecular weight is 307 g/mol. The molecule has 0 saturated heterocycles. The number of nitrogens with zero attached hydrogens (tertiary/aromatic N) is 1. The number of aryl methyl sites for hydroxylation is 1.